The lowest BCUT2D eigenvalue weighted by molar-refractivity contribution is -0.136. The summed E-state index contributed by atoms with van der Waals surface area (Å²) in [5.41, 5.74) is 5.90. The first-order valence-corrected chi connectivity index (χ1v) is 21.1. The van der Waals surface area contributed by atoms with Crippen LogP contribution in [0.5, 0.6) is 0 Å². The molecule has 358 valence electrons. The third kappa shape index (κ3) is 36.5. The molecule has 1 atom stereocenters. The van der Waals surface area contributed by atoms with E-state index in [9.17, 15) is 43.2 Å². The fraction of sp³-hybridized carbons (Fsp3) is 0.643. The number of ether oxygens (including phenoxy) is 3. The second kappa shape index (κ2) is 37.9. The Morgan fingerprint density at radius 2 is 1.40 bits per heavy atom. The molecule has 0 aromatic heterocycles. The minimum atomic E-state index is -0.860. The third-order valence-electron chi connectivity index (χ3n) is 8.08. The van der Waals surface area contributed by atoms with Crippen molar-refractivity contribution >= 4 is 59.6 Å². The fourth-order valence-corrected chi connectivity index (χ4v) is 4.54. The Bertz CT molecular complexity index is 1510. The van der Waals surface area contributed by atoms with Crippen LogP contribution in [0, 0.1) is 11.8 Å². The number of primary amides is 1. The number of benzene rings is 1. The van der Waals surface area contributed by atoms with E-state index in [2.05, 4.69) is 45.7 Å². The fourth-order valence-electron chi connectivity index (χ4n) is 4.54. The van der Waals surface area contributed by atoms with Crippen LogP contribution in [0.4, 0.5) is 15.3 Å². The van der Waals surface area contributed by atoms with Gasteiger partial charge in [0.15, 0.2) is 0 Å². The van der Waals surface area contributed by atoms with E-state index >= 15 is 0 Å². The molecule has 21 heteroatoms. The summed E-state index contributed by atoms with van der Waals surface area (Å²) in [5.74, 6) is -2.26. The molecule has 9 N–H and O–H groups in total. The zero-order valence-electron chi connectivity index (χ0n) is 38.0. The number of anilines is 1. The number of aldehydes is 1. The van der Waals surface area contributed by atoms with Gasteiger partial charge in [0, 0.05) is 58.1 Å². The van der Waals surface area contributed by atoms with Crippen LogP contribution < -0.4 is 37.6 Å². The average Bonchev–Trinajstić information content (AvgIpc) is 3.24. The molecule has 0 aliphatic carbocycles. The predicted molar refractivity (Wildman–Crippen MR) is 235 cm³/mol. The summed E-state index contributed by atoms with van der Waals surface area (Å²) in [6.07, 6.45) is 3.71. The molecule has 8 amide bonds. The predicted octanol–water partition coefficient (Wildman–Crippen LogP) is 2.07. The van der Waals surface area contributed by atoms with Gasteiger partial charge in [0.25, 0.3) is 0 Å². The van der Waals surface area contributed by atoms with Crippen LogP contribution in [0.15, 0.2) is 24.3 Å². The Morgan fingerprint density at radius 3 is 1.94 bits per heavy atom. The minimum Gasteiger partial charge on any atom is -0.481 e. The largest absolute Gasteiger partial charge is 0.481 e. The monoisotopic (exact) mass is 897 g/mol. The van der Waals surface area contributed by atoms with Crippen LogP contribution in [0.3, 0.4) is 0 Å². The lowest BCUT2D eigenvalue weighted by Crippen LogP contribution is -2.51. The first-order valence-electron chi connectivity index (χ1n) is 21.1. The molecular formula is C42H72N8O13. The molecular weight excluding hydrogens is 825 g/mol. The standard InChI is InChI=1S/C35H56N6O10.C4H10N2O.C3H6O2/c1-25(2)8-6-9-29(43)37-22-31(45)36-15-19-50-21-20-49-18-14-30(44)40-33(26(3)4)34(47)38-23-32(46)39-28-12-10-27(11-13-28)24-51-35(48)41(5)16-7-17-42;1-2-3-6-4(5)7;1-2-3(4)5/h10-13,17,25-26,33H,6-9,14-16,18-24H2,1-5H3,(H,36,45)(H,37,43)(H,38,47)(H,39,46)(H,40,44);2-3H2,1H3,(H3,5,6,7);2H2,1H3,(H,4,5). The van der Waals surface area contributed by atoms with Crippen molar-refractivity contribution in [2.45, 2.75) is 99.1 Å². The Hall–Kier alpha value is -5.83. The van der Waals surface area contributed by atoms with Gasteiger partial charge in [-0.3, -0.25) is 28.8 Å². The summed E-state index contributed by atoms with van der Waals surface area (Å²) >= 11 is 0. The molecule has 1 rings (SSSR count). The molecule has 0 saturated heterocycles. The number of nitrogens with two attached hydrogens (primary N) is 1. The van der Waals surface area contributed by atoms with Crippen LogP contribution in [0.2, 0.25) is 0 Å². The normalized spacial score (nSPS) is 10.7. The Labute approximate surface area is 371 Å². The van der Waals surface area contributed by atoms with Crippen molar-refractivity contribution in [2.24, 2.45) is 17.6 Å². The smallest absolute Gasteiger partial charge is 0.409 e. The molecule has 63 heavy (non-hydrogen) atoms. The number of nitrogens with zero attached hydrogens (tertiary/aromatic N) is 1. The van der Waals surface area contributed by atoms with Crippen molar-refractivity contribution in [2.75, 3.05) is 71.5 Å². The van der Waals surface area contributed by atoms with Crippen LogP contribution in [0.25, 0.3) is 0 Å². The van der Waals surface area contributed by atoms with E-state index in [-0.39, 0.29) is 102 Å². The van der Waals surface area contributed by atoms with Gasteiger partial charge < -0.3 is 66.6 Å². The number of aliphatic carboxylic acids is 1. The second-order valence-corrected chi connectivity index (χ2v) is 14.6. The van der Waals surface area contributed by atoms with E-state index in [0.717, 1.165) is 25.5 Å². The molecule has 0 spiro atoms. The highest BCUT2D eigenvalue weighted by molar-refractivity contribution is 5.96. The molecule has 1 unspecified atom stereocenters. The van der Waals surface area contributed by atoms with Gasteiger partial charge >= 0.3 is 18.1 Å². The number of hydrogen-bond acceptors (Lipinski definition) is 12. The topological polar surface area (TPSA) is 303 Å². The van der Waals surface area contributed by atoms with Crippen molar-refractivity contribution in [3.63, 3.8) is 0 Å². The minimum absolute atomic E-state index is 0.0162. The van der Waals surface area contributed by atoms with Crippen molar-refractivity contribution in [3.05, 3.63) is 29.8 Å². The molecule has 0 aliphatic rings. The highest BCUT2D eigenvalue weighted by Crippen LogP contribution is 2.11. The molecule has 1 aromatic rings. The molecule has 0 bridgehead atoms. The zero-order chi connectivity index (χ0) is 48.0. The second-order valence-electron chi connectivity index (χ2n) is 14.6. The summed E-state index contributed by atoms with van der Waals surface area (Å²) in [5, 5.41) is 23.3. The summed E-state index contributed by atoms with van der Waals surface area (Å²) in [6.45, 7) is 13.0. The van der Waals surface area contributed by atoms with Crippen molar-refractivity contribution in [1.29, 1.82) is 0 Å². The van der Waals surface area contributed by atoms with Crippen molar-refractivity contribution < 1.29 is 62.5 Å². The van der Waals surface area contributed by atoms with E-state index in [4.69, 9.17) is 25.1 Å². The highest BCUT2D eigenvalue weighted by atomic mass is 16.6. The number of urea groups is 1. The van der Waals surface area contributed by atoms with Gasteiger partial charge in [-0.15, -0.1) is 0 Å². The number of carbonyl (C=O) groups excluding carboxylic acids is 8. The summed E-state index contributed by atoms with van der Waals surface area (Å²) < 4.78 is 16.0. The molecule has 0 heterocycles. The molecule has 0 fully saturated rings. The number of carbonyl (C=O) groups is 9. The first kappa shape index (κ1) is 59.3. The third-order valence-corrected chi connectivity index (χ3v) is 8.08. The van der Waals surface area contributed by atoms with E-state index in [1.54, 1.807) is 45.0 Å². The van der Waals surface area contributed by atoms with Crippen LogP contribution in [-0.4, -0.2) is 136 Å². The molecule has 1 aromatic carbocycles. The molecule has 0 saturated carbocycles. The summed E-state index contributed by atoms with van der Waals surface area (Å²) in [4.78, 5) is 104. The number of nitrogens with one attached hydrogen (secondary N) is 6. The quantitative estimate of drug-likeness (QED) is 0.0423. The number of rotatable bonds is 29. The summed E-state index contributed by atoms with van der Waals surface area (Å²) in [7, 11) is 1.54. The van der Waals surface area contributed by atoms with E-state index in [1.807, 2.05) is 6.92 Å². The lowest BCUT2D eigenvalue weighted by atomic mass is 10.0. The van der Waals surface area contributed by atoms with Crippen molar-refractivity contribution in [3.8, 4) is 0 Å². The zero-order valence-corrected chi connectivity index (χ0v) is 38.0. The number of hydrogen-bond donors (Lipinski definition) is 8. The number of carboxylic acid groups (broad SMARTS) is 1. The highest BCUT2D eigenvalue weighted by Gasteiger charge is 2.24. The lowest BCUT2D eigenvalue weighted by Gasteiger charge is -2.21. The molecule has 21 nitrogen and oxygen atoms in total. The maximum Gasteiger partial charge on any atom is 0.409 e. The van der Waals surface area contributed by atoms with E-state index in [0.29, 0.717) is 30.1 Å². The van der Waals surface area contributed by atoms with Gasteiger partial charge in [-0.25, -0.2) is 9.59 Å². The maximum atomic E-state index is 12.8. The van der Waals surface area contributed by atoms with Gasteiger partial charge in [0.2, 0.25) is 29.5 Å². The number of carboxylic acids is 1. The SMILES string of the molecule is CC(C)CCCC(=O)NCC(=O)NCCOCCOCCC(=O)NC(C(=O)NCC(=O)Nc1ccc(COC(=O)N(C)CCC=O)cc1)C(C)C.CCC(=O)O.CCCNC(N)=O. The molecule has 0 radical (unpaired) electrons. The van der Waals surface area contributed by atoms with E-state index < -0.39 is 35.9 Å². The van der Waals surface area contributed by atoms with Gasteiger partial charge in [-0.05, 0) is 42.4 Å². The van der Waals surface area contributed by atoms with E-state index in [1.165, 1.54) is 11.9 Å². The van der Waals surface area contributed by atoms with Crippen molar-refractivity contribution in [1.82, 2.24) is 31.5 Å². The first-order chi connectivity index (χ1) is 29.9. The van der Waals surface area contributed by atoms with Crippen LogP contribution in [-0.2, 0) is 54.4 Å². The van der Waals surface area contributed by atoms with Gasteiger partial charge in [-0.2, -0.15) is 0 Å². The van der Waals surface area contributed by atoms with Crippen LogP contribution in [0.1, 0.15) is 92.1 Å². The summed E-state index contributed by atoms with van der Waals surface area (Å²) in [6, 6.07) is 5.32. The average molecular weight is 897 g/mol. The van der Waals surface area contributed by atoms with Crippen LogP contribution >= 0.6 is 0 Å². The number of amides is 8. The molecule has 0 aliphatic heterocycles. The van der Waals surface area contributed by atoms with Gasteiger partial charge in [0.1, 0.15) is 18.9 Å². The van der Waals surface area contributed by atoms with Gasteiger partial charge in [-0.1, -0.05) is 60.1 Å². The Morgan fingerprint density at radius 1 is 0.778 bits per heavy atom. The Balaban J connectivity index is 0. The Kier molecular flexibility index (Phi) is 35.6. The van der Waals surface area contributed by atoms with Gasteiger partial charge in [0.05, 0.1) is 39.5 Å². The maximum absolute atomic E-state index is 12.8.